The molecule has 0 radical (unpaired) electrons. The summed E-state index contributed by atoms with van der Waals surface area (Å²) in [5, 5.41) is 1.09. The summed E-state index contributed by atoms with van der Waals surface area (Å²) in [5.74, 6) is 0.0781. The van der Waals surface area contributed by atoms with Crippen LogP contribution in [-0.2, 0) is 16.6 Å². The van der Waals surface area contributed by atoms with Crippen LogP contribution in [0.5, 0.6) is 0 Å². The van der Waals surface area contributed by atoms with E-state index in [2.05, 4.69) is 11.9 Å². The molecule has 4 rings (SSSR count). The first-order valence-electron chi connectivity index (χ1n) is 10.4. The number of hydrogen-bond acceptors (Lipinski definition) is 4. The number of aromatic nitrogens is 1. The van der Waals surface area contributed by atoms with Crippen LogP contribution in [0.2, 0.25) is 10.0 Å². The third-order valence-electron chi connectivity index (χ3n) is 5.72. The lowest BCUT2D eigenvalue weighted by Crippen LogP contribution is -2.37. The minimum atomic E-state index is -3.56. The fourth-order valence-corrected chi connectivity index (χ4v) is 6.96. The van der Waals surface area contributed by atoms with Gasteiger partial charge in [0.05, 0.1) is 25.2 Å². The third-order valence-corrected chi connectivity index (χ3v) is 9.48. The van der Waals surface area contributed by atoms with Gasteiger partial charge in [0, 0.05) is 25.2 Å². The van der Waals surface area contributed by atoms with Gasteiger partial charge in [-0.2, -0.15) is 9.30 Å². The van der Waals surface area contributed by atoms with Crippen molar-refractivity contribution in [1.82, 2.24) is 8.87 Å². The molecule has 0 N–H and O–H groups in total. The molecule has 0 aliphatic carbocycles. The molecule has 2 aromatic carbocycles. The third kappa shape index (κ3) is 4.39. The van der Waals surface area contributed by atoms with E-state index in [1.54, 1.807) is 12.1 Å². The molecule has 170 valence electrons. The second-order valence-corrected chi connectivity index (χ2v) is 11.6. The monoisotopic (exact) mass is 511 g/mol. The first-order valence-corrected chi connectivity index (χ1v) is 13.4. The van der Waals surface area contributed by atoms with Crippen molar-refractivity contribution in [3.05, 3.63) is 56.8 Å². The summed E-state index contributed by atoms with van der Waals surface area (Å²) in [6.45, 7) is 5.68. The number of carbonyl (C=O) groups excluding carboxylic acids is 1. The van der Waals surface area contributed by atoms with E-state index in [0.717, 1.165) is 23.1 Å². The Hall–Kier alpha value is -1.71. The smallest absolute Gasteiger partial charge is 0.279 e. The largest absolute Gasteiger partial charge is 0.315 e. The van der Waals surface area contributed by atoms with Gasteiger partial charge in [-0.25, -0.2) is 8.42 Å². The van der Waals surface area contributed by atoms with Crippen molar-refractivity contribution in [3.8, 4) is 0 Å². The van der Waals surface area contributed by atoms with Crippen LogP contribution in [0.4, 0.5) is 0 Å². The van der Waals surface area contributed by atoms with Crippen LogP contribution < -0.4 is 4.80 Å². The molecule has 1 aliphatic heterocycles. The fourth-order valence-electron chi connectivity index (χ4n) is 3.78. The normalized spacial score (nSPS) is 16.7. The lowest BCUT2D eigenvalue weighted by molar-refractivity contribution is 0.0997. The lowest BCUT2D eigenvalue weighted by atomic mass is 10.0. The van der Waals surface area contributed by atoms with E-state index in [4.69, 9.17) is 23.2 Å². The molecule has 0 saturated carbocycles. The number of sulfonamides is 1. The Morgan fingerprint density at radius 3 is 2.34 bits per heavy atom. The van der Waals surface area contributed by atoms with Gasteiger partial charge in [-0.1, -0.05) is 41.5 Å². The highest BCUT2D eigenvalue weighted by Crippen LogP contribution is 2.32. The van der Waals surface area contributed by atoms with E-state index in [9.17, 15) is 13.2 Å². The topological polar surface area (TPSA) is 71.7 Å². The molecule has 32 heavy (non-hydrogen) atoms. The molecule has 1 fully saturated rings. The Morgan fingerprint density at radius 2 is 1.72 bits per heavy atom. The van der Waals surface area contributed by atoms with Crippen molar-refractivity contribution in [3.63, 3.8) is 0 Å². The molecule has 2 heterocycles. The SMILES string of the molecule is CCn1c(=NC(=O)c2ccc(S(=O)(=O)N3CCC(C)CC3)cc2)sc2c(Cl)ccc(Cl)c21. The number of rotatable bonds is 4. The van der Waals surface area contributed by atoms with Crippen molar-refractivity contribution in [1.29, 1.82) is 0 Å². The molecule has 6 nitrogen and oxygen atoms in total. The van der Waals surface area contributed by atoms with Crippen LogP contribution in [0.25, 0.3) is 10.2 Å². The van der Waals surface area contributed by atoms with Gasteiger partial charge in [-0.05, 0) is 62.1 Å². The Bertz CT molecular complexity index is 1340. The zero-order valence-corrected chi connectivity index (χ0v) is 20.9. The first-order chi connectivity index (χ1) is 15.2. The number of benzene rings is 2. The predicted octanol–water partition coefficient (Wildman–Crippen LogP) is 5.19. The average Bonchev–Trinajstić information content (AvgIpc) is 3.16. The molecule has 0 unspecified atom stereocenters. The summed E-state index contributed by atoms with van der Waals surface area (Å²) in [4.78, 5) is 17.8. The van der Waals surface area contributed by atoms with Gasteiger partial charge in [0.25, 0.3) is 5.91 Å². The molecule has 1 aliphatic rings. The molecule has 3 aromatic rings. The summed E-state index contributed by atoms with van der Waals surface area (Å²) >= 11 is 14.0. The minimum absolute atomic E-state index is 0.188. The summed E-state index contributed by atoms with van der Waals surface area (Å²) in [6, 6.07) is 9.41. The number of carbonyl (C=O) groups is 1. The van der Waals surface area contributed by atoms with Gasteiger partial charge in [0.2, 0.25) is 10.0 Å². The number of nitrogens with zero attached hydrogens (tertiary/aromatic N) is 3. The maximum atomic E-state index is 12.9. The Labute approximate surface area is 201 Å². The second kappa shape index (κ2) is 9.27. The fraction of sp³-hybridized carbons (Fsp3) is 0.364. The van der Waals surface area contributed by atoms with Crippen molar-refractivity contribution in [2.75, 3.05) is 13.1 Å². The molecule has 1 aromatic heterocycles. The molecule has 1 saturated heterocycles. The van der Waals surface area contributed by atoms with Gasteiger partial charge in [0.1, 0.15) is 0 Å². The molecule has 10 heteroatoms. The quantitative estimate of drug-likeness (QED) is 0.483. The molecular weight excluding hydrogens is 489 g/mol. The number of piperidine rings is 1. The predicted molar refractivity (Wildman–Crippen MR) is 129 cm³/mol. The molecule has 0 bridgehead atoms. The highest BCUT2D eigenvalue weighted by molar-refractivity contribution is 7.89. The van der Waals surface area contributed by atoms with E-state index >= 15 is 0 Å². The molecule has 0 spiro atoms. The number of fused-ring (bicyclic) bond motifs is 1. The van der Waals surface area contributed by atoms with Gasteiger partial charge >= 0.3 is 0 Å². The van der Waals surface area contributed by atoms with Gasteiger partial charge in [-0.15, -0.1) is 0 Å². The van der Waals surface area contributed by atoms with Gasteiger partial charge in [-0.3, -0.25) is 4.79 Å². The number of thiazole rings is 1. The van der Waals surface area contributed by atoms with Crippen LogP contribution in [0.15, 0.2) is 46.3 Å². The summed E-state index contributed by atoms with van der Waals surface area (Å²) in [6.07, 6.45) is 1.71. The number of aryl methyl sites for hydroxylation is 1. The van der Waals surface area contributed by atoms with E-state index in [1.807, 2.05) is 11.5 Å². The van der Waals surface area contributed by atoms with Crippen LogP contribution in [-0.4, -0.2) is 36.3 Å². The standard InChI is InChI=1S/C22H23Cl2N3O3S2/c1-3-27-19-17(23)8-9-18(24)20(19)31-22(27)25-21(28)15-4-6-16(7-5-15)32(29,30)26-12-10-14(2)11-13-26/h4-9,14H,3,10-13H2,1-2H3. The van der Waals surface area contributed by atoms with Gasteiger partial charge in [0.15, 0.2) is 4.80 Å². The Morgan fingerprint density at radius 1 is 1.09 bits per heavy atom. The highest BCUT2D eigenvalue weighted by Gasteiger charge is 2.28. The first kappa shape index (κ1) is 23.4. The molecular formula is C22H23Cl2N3O3S2. The summed E-state index contributed by atoms with van der Waals surface area (Å²) < 4.78 is 29.9. The van der Waals surface area contributed by atoms with Crippen LogP contribution in [0.1, 0.15) is 37.0 Å². The number of halogens is 2. The van der Waals surface area contributed by atoms with Crippen LogP contribution in [0.3, 0.4) is 0 Å². The van der Waals surface area contributed by atoms with E-state index in [0.29, 0.717) is 46.0 Å². The van der Waals surface area contributed by atoms with E-state index in [-0.39, 0.29) is 4.90 Å². The van der Waals surface area contributed by atoms with Crippen molar-refractivity contribution < 1.29 is 13.2 Å². The number of hydrogen-bond donors (Lipinski definition) is 0. The van der Waals surface area contributed by atoms with Crippen molar-refractivity contribution >= 4 is 60.7 Å². The Balaban J connectivity index is 1.65. The zero-order chi connectivity index (χ0) is 23.0. The van der Waals surface area contributed by atoms with Crippen LogP contribution >= 0.6 is 34.5 Å². The molecule has 0 atom stereocenters. The second-order valence-electron chi connectivity index (χ2n) is 7.86. The highest BCUT2D eigenvalue weighted by atomic mass is 35.5. The van der Waals surface area contributed by atoms with Crippen molar-refractivity contribution in [2.45, 2.75) is 38.1 Å². The zero-order valence-electron chi connectivity index (χ0n) is 17.7. The van der Waals surface area contributed by atoms with Crippen molar-refractivity contribution in [2.24, 2.45) is 10.9 Å². The number of amides is 1. The summed E-state index contributed by atoms with van der Waals surface area (Å²) in [7, 11) is -3.56. The van der Waals surface area contributed by atoms with E-state index in [1.165, 1.54) is 39.9 Å². The average molecular weight is 512 g/mol. The maximum Gasteiger partial charge on any atom is 0.279 e. The molecule has 1 amide bonds. The van der Waals surface area contributed by atoms with E-state index < -0.39 is 15.9 Å². The summed E-state index contributed by atoms with van der Waals surface area (Å²) in [5.41, 5.74) is 1.06. The lowest BCUT2D eigenvalue weighted by Gasteiger charge is -2.29. The van der Waals surface area contributed by atoms with Crippen LogP contribution in [0, 0.1) is 5.92 Å². The Kier molecular flexibility index (Phi) is 6.79. The minimum Gasteiger partial charge on any atom is -0.315 e. The maximum absolute atomic E-state index is 12.9. The van der Waals surface area contributed by atoms with Gasteiger partial charge < -0.3 is 4.57 Å².